The van der Waals surface area contributed by atoms with Crippen LogP contribution in [0.25, 0.3) is 10.9 Å². The second-order valence-electron chi connectivity index (χ2n) is 8.87. The summed E-state index contributed by atoms with van der Waals surface area (Å²) in [5.74, 6) is -1.08. The van der Waals surface area contributed by atoms with Gasteiger partial charge < -0.3 is 31.0 Å². The first-order valence-corrected chi connectivity index (χ1v) is 11.1. The number of carbonyl (C=O) groups excluding carboxylic acids is 2. The van der Waals surface area contributed by atoms with Crippen LogP contribution in [0.5, 0.6) is 0 Å². The Morgan fingerprint density at radius 3 is 2.55 bits per heavy atom. The third-order valence-corrected chi connectivity index (χ3v) is 5.82. The van der Waals surface area contributed by atoms with E-state index in [0.29, 0.717) is 6.42 Å². The van der Waals surface area contributed by atoms with Gasteiger partial charge in [0, 0.05) is 29.6 Å². The van der Waals surface area contributed by atoms with E-state index in [9.17, 15) is 19.6 Å². The molecule has 0 unspecified atom stereocenters. The summed E-state index contributed by atoms with van der Waals surface area (Å²) in [5, 5.41) is 28.9. The van der Waals surface area contributed by atoms with Crippen LogP contribution in [0, 0.1) is 5.92 Å². The van der Waals surface area contributed by atoms with Gasteiger partial charge >= 0.3 is 13.1 Å². The first-order chi connectivity index (χ1) is 14.8. The maximum absolute atomic E-state index is 13.1. The number of urea groups is 1. The topological polar surface area (TPSA) is 126 Å². The minimum absolute atomic E-state index is 0.129. The van der Waals surface area contributed by atoms with Gasteiger partial charge in [0.15, 0.2) is 0 Å². The molecule has 1 saturated carbocycles. The Morgan fingerprint density at radius 2 is 1.87 bits per heavy atom. The van der Waals surface area contributed by atoms with Crippen molar-refractivity contribution in [3.05, 3.63) is 36.0 Å². The number of aromatic nitrogens is 1. The highest BCUT2D eigenvalue weighted by molar-refractivity contribution is 6.43. The number of rotatable bonds is 9. The zero-order chi connectivity index (χ0) is 22.4. The van der Waals surface area contributed by atoms with E-state index >= 15 is 0 Å². The summed E-state index contributed by atoms with van der Waals surface area (Å²) in [6, 6.07) is 6.67. The van der Waals surface area contributed by atoms with Crippen LogP contribution < -0.4 is 16.0 Å². The fourth-order valence-corrected chi connectivity index (χ4v) is 4.23. The molecule has 0 bridgehead atoms. The molecule has 0 radical (unpaired) electrons. The van der Waals surface area contributed by atoms with Gasteiger partial charge in [-0.1, -0.05) is 44.9 Å². The first-order valence-electron chi connectivity index (χ1n) is 11.1. The molecule has 0 spiro atoms. The highest BCUT2D eigenvalue weighted by atomic mass is 16.4. The van der Waals surface area contributed by atoms with Gasteiger partial charge in [0.05, 0.1) is 5.94 Å². The molecule has 168 valence electrons. The average Bonchev–Trinajstić information content (AvgIpc) is 3.36. The first kappa shape index (κ1) is 23.2. The molecule has 0 saturated heterocycles. The van der Waals surface area contributed by atoms with Crippen molar-refractivity contribution in [3.8, 4) is 0 Å². The van der Waals surface area contributed by atoms with Gasteiger partial charge in [-0.25, -0.2) is 4.79 Å². The minimum atomic E-state index is -1.67. The molecular formula is C22H33BN4O4. The number of aromatic amines is 1. The predicted molar refractivity (Wildman–Crippen MR) is 121 cm³/mol. The Bertz CT molecular complexity index is 879. The van der Waals surface area contributed by atoms with Gasteiger partial charge in [0.1, 0.15) is 6.04 Å². The lowest BCUT2D eigenvalue weighted by molar-refractivity contribution is -0.123. The largest absolute Gasteiger partial charge is 0.475 e. The maximum atomic E-state index is 13.1. The zero-order valence-corrected chi connectivity index (χ0v) is 18.2. The van der Waals surface area contributed by atoms with Crippen LogP contribution in [-0.4, -0.2) is 52.1 Å². The third kappa shape index (κ3) is 6.48. The lowest BCUT2D eigenvalue weighted by Gasteiger charge is -2.25. The highest BCUT2D eigenvalue weighted by Crippen LogP contribution is 2.20. The van der Waals surface area contributed by atoms with E-state index in [1.165, 1.54) is 0 Å². The van der Waals surface area contributed by atoms with E-state index in [2.05, 4.69) is 20.9 Å². The molecule has 2 atom stereocenters. The molecule has 0 aliphatic heterocycles. The average molecular weight is 428 g/mol. The molecule has 3 rings (SSSR count). The second kappa shape index (κ2) is 10.7. The Kier molecular flexibility index (Phi) is 7.98. The van der Waals surface area contributed by atoms with Crippen molar-refractivity contribution in [1.29, 1.82) is 0 Å². The molecule has 1 aromatic heterocycles. The van der Waals surface area contributed by atoms with Crippen molar-refractivity contribution < 1.29 is 19.6 Å². The van der Waals surface area contributed by atoms with Crippen LogP contribution in [0.2, 0.25) is 0 Å². The third-order valence-electron chi connectivity index (χ3n) is 5.82. The summed E-state index contributed by atoms with van der Waals surface area (Å²) in [6.45, 7) is 3.89. The number of H-pyrrole nitrogens is 1. The molecule has 6 N–H and O–H groups in total. The van der Waals surface area contributed by atoms with E-state index in [4.69, 9.17) is 0 Å². The van der Waals surface area contributed by atoms with Gasteiger partial charge in [-0.3, -0.25) is 4.79 Å². The Morgan fingerprint density at radius 1 is 1.16 bits per heavy atom. The van der Waals surface area contributed by atoms with Crippen LogP contribution in [0.4, 0.5) is 4.79 Å². The fraction of sp³-hybridized carbons (Fsp3) is 0.545. The smallest absolute Gasteiger partial charge is 0.426 e. The van der Waals surface area contributed by atoms with Crippen molar-refractivity contribution in [2.45, 2.75) is 70.4 Å². The number of para-hydroxylation sites is 1. The van der Waals surface area contributed by atoms with Crippen LogP contribution in [0.3, 0.4) is 0 Å². The molecule has 1 heterocycles. The normalized spacial score (nSPS) is 16.3. The monoisotopic (exact) mass is 428 g/mol. The van der Waals surface area contributed by atoms with Crippen LogP contribution in [0.15, 0.2) is 30.5 Å². The van der Waals surface area contributed by atoms with Crippen molar-refractivity contribution in [2.24, 2.45) is 5.92 Å². The number of hydrogen-bond acceptors (Lipinski definition) is 4. The summed E-state index contributed by atoms with van der Waals surface area (Å²) < 4.78 is 0. The number of amides is 3. The van der Waals surface area contributed by atoms with E-state index in [1.807, 2.05) is 44.3 Å². The van der Waals surface area contributed by atoms with Crippen molar-refractivity contribution >= 4 is 30.0 Å². The number of benzene rings is 1. The van der Waals surface area contributed by atoms with E-state index in [1.54, 1.807) is 0 Å². The molecule has 1 aliphatic carbocycles. The van der Waals surface area contributed by atoms with Crippen molar-refractivity contribution in [3.63, 3.8) is 0 Å². The van der Waals surface area contributed by atoms with Gasteiger partial charge in [-0.2, -0.15) is 0 Å². The van der Waals surface area contributed by atoms with Crippen molar-refractivity contribution in [1.82, 2.24) is 20.9 Å². The zero-order valence-electron chi connectivity index (χ0n) is 18.2. The summed E-state index contributed by atoms with van der Waals surface area (Å²) in [6.07, 6.45) is 6.61. The molecule has 31 heavy (non-hydrogen) atoms. The Hall–Kier alpha value is -2.52. The fourth-order valence-electron chi connectivity index (χ4n) is 4.23. The number of fused-ring (bicyclic) bond motifs is 1. The number of nitrogens with one attached hydrogen (secondary N) is 4. The standard InChI is InChI=1S/C22H33BN4O4/c1-14(2)11-20(23(30)31)27-21(28)19(26-22(29)25-16-7-3-4-8-16)12-15-13-24-18-10-6-5-9-17(15)18/h5-6,9-10,13-14,16,19-20,24,30-31H,3-4,7-8,11-12H2,1-2H3,(H,27,28)(H2,25,26,29)/t19-,20-/m0/s1. The molecule has 2 aromatic rings. The van der Waals surface area contributed by atoms with Gasteiger partial charge in [-0.05, 0) is 36.8 Å². The van der Waals surface area contributed by atoms with Gasteiger partial charge in [0.25, 0.3) is 0 Å². The minimum Gasteiger partial charge on any atom is -0.426 e. The molecular weight excluding hydrogens is 395 g/mol. The van der Waals surface area contributed by atoms with E-state index in [0.717, 1.165) is 42.1 Å². The molecule has 9 heteroatoms. The van der Waals surface area contributed by atoms with Crippen LogP contribution >= 0.6 is 0 Å². The SMILES string of the molecule is CC(C)C[C@H](NC(=O)[C@H](Cc1c[nH]c2ccccc12)NC(=O)NC1CCCC1)B(O)O. The number of hydrogen-bond donors (Lipinski definition) is 6. The summed E-state index contributed by atoms with van der Waals surface area (Å²) in [7, 11) is -1.67. The predicted octanol–water partition coefficient (Wildman–Crippen LogP) is 1.86. The maximum Gasteiger partial charge on any atom is 0.475 e. The number of carbonyl (C=O) groups is 2. The highest BCUT2D eigenvalue weighted by Gasteiger charge is 2.31. The van der Waals surface area contributed by atoms with Gasteiger partial charge in [0.2, 0.25) is 5.91 Å². The van der Waals surface area contributed by atoms with E-state index in [-0.39, 0.29) is 24.4 Å². The molecule has 1 aromatic carbocycles. The van der Waals surface area contributed by atoms with Crippen molar-refractivity contribution in [2.75, 3.05) is 0 Å². The summed E-state index contributed by atoms with van der Waals surface area (Å²) in [5.41, 5.74) is 1.86. The molecule has 3 amide bonds. The lowest BCUT2D eigenvalue weighted by Crippen LogP contribution is -2.56. The van der Waals surface area contributed by atoms with Gasteiger partial charge in [-0.15, -0.1) is 0 Å². The molecule has 1 fully saturated rings. The molecule has 8 nitrogen and oxygen atoms in total. The Labute approximate surface area is 183 Å². The molecule has 1 aliphatic rings. The lowest BCUT2D eigenvalue weighted by atomic mass is 9.75. The second-order valence-corrected chi connectivity index (χ2v) is 8.87. The Balaban J connectivity index is 1.75. The van der Waals surface area contributed by atoms with E-state index < -0.39 is 25.0 Å². The summed E-state index contributed by atoms with van der Waals surface area (Å²) >= 11 is 0. The summed E-state index contributed by atoms with van der Waals surface area (Å²) in [4.78, 5) is 28.9. The quantitative estimate of drug-likeness (QED) is 0.341. The van der Waals surface area contributed by atoms with Crippen LogP contribution in [0.1, 0.15) is 51.5 Å². The van der Waals surface area contributed by atoms with Crippen LogP contribution in [-0.2, 0) is 11.2 Å².